The molecule has 1 aromatic rings. The van der Waals surface area contributed by atoms with E-state index in [1.54, 1.807) is 0 Å². The Labute approximate surface area is 99.1 Å². The van der Waals surface area contributed by atoms with Crippen molar-refractivity contribution < 1.29 is 27.5 Å². The lowest BCUT2D eigenvalue weighted by Gasteiger charge is -2.14. The van der Waals surface area contributed by atoms with E-state index in [1.165, 1.54) is 0 Å². The molecule has 0 aromatic heterocycles. The molecule has 0 N–H and O–H groups in total. The third-order valence-corrected chi connectivity index (χ3v) is 2.17. The highest BCUT2D eigenvalue weighted by atomic mass is 35.5. The molecule has 0 saturated heterocycles. The molecule has 0 heterocycles. The SMILES string of the molecule is COc1cc(C=O)cc(C(F)(F)F)c1C(=O)Cl. The van der Waals surface area contributed by atoms with E-state index in [0.29, 0.717) is 6.07 Å². The molecule has 0 aliphatic rings. The summed E-state index contributed by atoms with van der Waals surface area (Å²) in [5.41, 5.74) is -2.35. The molecule has 0 fully saturated rings. The van der Waals surface area contributed by atoms with Crippen molar-refractivity contribution in [2.75, 3.05) is 7.11 Å². The lowest BCUT2D eigenvalue weighted by molar-refractivity contribution is -0.138. The van der Waals surface area contributed by atoms with Gasteiger partial charge in [-0.25, -0.2) is 0 Å². The third-order valence-electron chi connectivity index (χ3n) is 1.98. The van der Waals surface area contributed by atoms with Gasteiger partial charge in [-0.05, 0) is 23.7 Å². The molecule has 0 bridgehead atoms. The van der Waals surface area contributed by atoms with Crippen LogP contribution in [0.25, 0.3) is 0 Å². The van der Waals surface area contributed by atoms with Crippen molar-refractivity contribution in [3.8, 4) is 5.75 Å². The minimum absolute atomic E-state index is 0.222. The van der Waals surface area contributed by atoms with E-state index in [2.05, 4.69) is 4.74 Å². The molecular weight excluding hydrogens is 261 g/mol. The van der Waals surface area contributed by atoms with Gasteiger partial charge in [0.1, 0.15) is 12.0 Å². The number of methoxy groups -OCH3 is 1. The number of aldehydes is 1. The van der Waals surface area contributed by atoms with Gasteiger partial charge in [0.2, 0.25) is 0 Å². The molecule has 0 aliphatic carbocycles. The molecule has 1 rings (SSSR count). The summed E-state index contributed by atoms with van der Waals surface area (Å²) in [7, 11) is 1.08. The molecule has 0 amide bonds. The zero-order valence-electron chi connectivity index (χ0n) is 8.47. The van der Waals surface area contributed by atoms with Crippen LogP contribution in [-0.2, 0) is 6.18 Å². The van der Waals surface area contributed by atoms with Crippen LogP contribution in [0, 0.1) is 0 Å². The van der Waals surface area contributed by atoms with Crippen LogP contribution in [0.15, 0.2) is 12.1 Å². The average Bonchev–Trinajstić information content (AvgIpc) is 2.25. The van der Waals surface area contributed by atoms with E-state index in [9.17, 15) is 22.8 Å². The normalized spacial score (nSPS) is 11.1. The molecule has 0 unspecified atom stereocenters. The minimum atomic E-state index is -4.80. The highest BCUT2D eigenvalue weighted by Gasteiger charge is 2.37. The van der Waals surface area contributed by atoms with E-state index < -0.39 is 22.5 Å². The Bertz CT molecular complexity index is 469. The quantitative estimate of drug-likeness (QED) is 0.624. The van der Waals surface area contributed by atoms with Crippen LogP contribution in [0.3, 0.4) is 0 Å². The van der Waals surface area contributed by atoms with Gasteiger partial charge in [0, 0.05) is 5.56 Å². The Hall–Kier alpha value is -1.56. The van der Waals surface area contributed by atoms with Crippen LogP contribution in [0.2, 0.25) is 0 Å². The van der Waals surface area contributed by atoms with E-state index in [4.69, 9.17) is 11.6 Å². The summed E-state index contributed by atoms with van der Waals surface area (Å²) in [5, 5.41) is -1.30. The first-order valence-corrected chi connectivity index (χ1v) is 4.63. The summed E-state index contributed by atoms with van der Waals surface area (Å²) in [5.74, 6) is -0.387. The Morgan fingerprint density at radius 2 is 2.00 bits per heavy atom. The van der Waals surface area contributed by atoms with E-state index >= 15 is 0 Å². The van der Waals surface area contributed by atoms with Gasteiger partial charge in [-0.1, -0.05) is 0 Å². The number of benzene rings is 1. The van der Waals surface area contributed by atoms with Gasteiger partial charge in [-0.2, -0.15) is 13.2 Å². The van der Waals surface area contributed by atoms with Gasteiger partial charge in [0.25, 0.3) is 5.24 Å². The molecule has 0 spiro atoms. The van der Waals surface area contributed by atoms with Crippen molar-refractivity contribution in [1.29, 1.82) is 0 Å². The molecule has 7 heteroatoms. The first-order chi connectivity index (χ1) is 7.81. The molecule has 17 heavy (non-hydrogen) atoms. The summed E-state index contributed by atoms with van der Waals surface area (Å²) in [6.45, 7) is 0. The van der Waals surface area contributed by atoms with E-state index in [1.807, 2.05) is 0 Å². The fourth-order valence-corrected chi connectivity index (χ4v) is 1.49. The summed E-state index contributed by atoms with van der Waals surface area (Å²) < 4.78 is 42.6. The Kier molecular flexibility index (Phi) is 3.77. The van der Waals surface area contributed by atoms with Crippen molar-refractivity contribution in [1.82, 2.24) is 0 Å². The van der Waals surface area contributed by atoms with Crippen LogP contribution < -0.4 is 4.74 Å². The summed E-state index contributed by atoms with van der Waals surface area (Å²) in [6.07, 6.45) is -4.58. The van der Waals surface area contributed by atoms with Gasteiger partial charge in [-0.15, -0.1) is 0 Å². The number of hydrogen-bond acceptors (Lipinski definition) is 3. The number of alkyl halides is 3. The monoisotopic (exact) mass is 266 g/mol. The topological polar surface area (TPSA) is 43.4 Å². The Balaban J connectivity index is 3.64. The average molecular weight is 267 g/mol. The summed E-state index contributed by atoms with van der Waals surface area (Å²) in [6, 6.07) is 1.56. The van der Waals surface area contributed by atoms with Crippen LogP contribution in [0.5, 0.6) is 5.75 Å². The number of carbonyl (C=O) groups is 2. The maximum absolute atomic E-state index is 12.7. The standard InChI is InChI=1S/C10H6ClF3O3/c1-17-7-3-5(4-15)2-6(10(12,13)14)8(7)9(11)16/h2-4H,1H3. The fourth-order valence-electron chi connectivity index (χ4n) is 1.29. The summed E-state index contributed by atoms with van der Waals surface area (Å²) in [4.78, 5) is 21.5. The summed E-state index contributed by atoms with van der Waals surface area (Å²) >= 11 is 5.09. The Morgan fingerprint density at radius 3 is 2.35 bits per heavy atom. The maximum Gasteiger partial charge on any atom is 0.417 e. The number of ether oxygens (including phenoxy) is 1. The van der Waals surface area contributed by atoms with Crippen molar-refractivity contribution in [2.45, 2.75) is 6.18 Å². The van der Waals surface area contributed by atoms with Gasteiger partial charge < -0.3 is 4.74 Å². The molecule has 92 valence electrons. The van der Waals surface area contributed by atoms with E-state index in [-0.39, 0.29) is 17.6 Å². The van der Waals surface area contributed by atoms with Crippen LogP contribution in [0.4, 0.5) is 13.2 Å². The van der Waals surface area contributed by atoms with Crippen molar-refractivity contribution in [2.24, 2.45) is 0 Å². The van der Waals surface area contributed by atoms with Crippen molar-refractivity contribution in [3.05, 3.63) is 28.8 Å². The highest BCUT2D eigenvalue weighted by Crippen LogP contribution is 2.37. The lowest BCUT2D eigenvalue weighted by atomic mass is 10.0. The number of carbonyl (C=O) groups excluding carboxylic acids is 2. The maximum atomic E-state index is 12.7. The second-order valence-corrected chi connectivity index (χ2v) is 3.38. The van der Waals surface area contributed by atoms with Crippen LogP contribution >= 0.6 is 11.6 Å². The van der Waals surface area contributed by atoms with Gasteiger partial charge in [-0.3, -0.25) is 9.59 Å². The molecule has 0 atom stereocenters. The minimum Gasteiger partial charge on any atom is -0.496 e. The number of halogens is 4. The largest absolute Gasteiger partial charge is 0.496 e. The third kappa shape index (κ3) is 2.76. The Morgan fingerprint density at radius 1 is 1.41 bits per heavy atom. The smallest absolute Gasteiger partial charge is 0.417 e. The van der Waals surface area contributed by atoms with Crippen LogP contribution in [0.1, 0.15) is 26.3 Å². The van der Waals surface area contributed by atoms with E-state index in [0.717, 1.165) is 13.2 Å². The zero-order chi connectivity index (χ0) is 13.2. The first-order valence-electron chi connectivity index (χ1n) is 4.25. The first kappa shape index (κ1) is 13.5. The molecule has 0 saturated carbocycles. The van der Waals surface area contributed by atoms with Gasteiger partial charge in [0.15, 0.2) is 0 Å². The van der Waals surface area contributed by atoms with Crippen LogP contribution in [-0.4, -0.2) is 18.6 Å². The van der Waals surface area contributed by atoms with Gasteiger partial charge >= 0.3 is 6.18 Å². The molecular formula is C10H6ClF3O3. The number of hydrogen-bond donors (Lipinski definition) is 0. The molecule has 3 nitrogen and oxygen atoms in total. The van der Waals surface area contributed by atoms with Crippen molar-refractivity contribution in [3.63, 3.8) is 0 Å². The van der Waals surface area contributed by atoms with Crippen molar-refractivity contribution >= 4 is 23.1 Å². The molecule has 0 radical (unpaired) electrons. The zero-order valence-corrected chi connectivity index (χ0v) is 9.22. The second-order valence-electron chi connectivity index (χ2n) is 3.04. The fraction of sp³-hybridized carbons (Fsp3) is 0.200. The number of rotatable bonds is 3. The molecule has 0 aliphatic heterocycles. The lowest BCUT2D eigenvalue weighted by Crippen LogP contribution is -2.13. The molecule has 1 aromatic carbocycles. The predicted octanol–water partition coefficient (Wildman–Crippen LogP) is 2.91. The second kappa shape index (κ2) is 4.75. The predicted molar refractivity (Wildman–Crippen MR) is 53.6 cm³/mol. The highest BCUT2D eigenvalue weighted by molar-refractivity contribution is 6.68. The van der Waals surface area contributed by atoms with Gasteiger partial charge in [0.05, 0.1) is 18.2 Å².